The molecule has 84 valence electrons. The molecule has 2 rings (SSSR count). The Bertz CT molecular complexity index is 295. The predicted octanol–water partition coefficient (Wildman–Crippen LogP) is 1.66. The molecule has 0 atom stereocenters. The molecule has 1 aliphatic heterocycles. The number of aromatic nitrogens is 1. The second-order valence-electron chi connectivity index (χ2n) is 4.04. The van der Waals surface area contributed by atoms with Gasteiger partial charge in [0.2, 0.25) is 0 Å². The van der Waals surface area contributed by atoms with Crippen LogP contribution in [-0.2, 0) is 13.0 Å². The van der Waals surface area contributed by atoms with Crippen LogP contribution in [0.5, 0.6) is 0 Å². The standard InChI is InChI=1S/C11H18N2OS/c14-8-10-9-15-11(12-10)4-7-13-5-2-1-3-6-13/h9,14H,1-8H2. The molecule has 1 N–H and O–H groups in total. The highest BCUT2D eigenvalue weighted by Crippen LogP contribution is 2.13. The molecule has 0 aromatic carbocycles. The summed E-state index contributed by atoms with van der Waals surface area (Å²) in [5.41, 5.74) is 0.814. The van der Waals surface area contributed by atoms with E-state index < -0.39 is 0 Å². The molecular formula is C11H18N2OS. The quantitative estimate of drug-likeness (QED) is 0.848. The molecule has 1 aromatic heterocycles. The molecule has 4 heteroatoms. The largest absolute Gasteiger partial charge is 0.390 e. The van der Waals surface area contributed by atoms with Gasteiger partial charge in [0, 0.05) is 18.3 Å². The highest BCUT2D eigenvalue weighted by atomic mass is 32.1. The van der Waals surface area contributed by atoms with E-state index in [1.165, 1.54) is 32.4 Å². The molecule has 1 aromatic rings. The van der Waals surface area contributed by atoms with Crippen molar-refractivity contribution >= 4 is 11.3 Å². The van der Waals surface area contributed by atoms with Crippen molar-refractivity contribution in [2.24, 2.45) is 0 Å². The highest BCUT2D eigenvalue weighted by Gasteiger charge is 2.10. The zero-order valence-electron chi connectivity index (χ0n) is 8.98. The molecular weight excluding hydrogens is 208 g/mol. The normalized spacial score (nSPS) is 18.2. The monoisotopic (exact) mass is 226 g/mol. The summed E-state index contributed by atoms with van der Waals surface area (Å²) in [5, 5.41) is 12.0. The van der Waals surface area contributed by atoms with Gasteiger partial charge in [-0.25, -0.2) is 4.98 Å². The smallest absolute Gasteiger partial charge is 0.0942 e. The second-order valence-corrected chi connectivity index (χ2v) is 4.99. The molecule has 1 aliphatic rings. The van der Waals surface area contributed by atoms with E-state index in [0.717, 1.165) is 23.7 Å². The third-order valence-electron chi connectivity index (χ3n) is 2.85. The van der Waals surface area contributed by atoms with Gasteiger partial charge in [-0.1, -0.05) is 6.42 Å². The van der Waals surface area contributed by atoms with Crippen LogP contribution in [0, 0.1) is 0 Å². The Morgan fingerprint density at radius 3 is 2.80 bits per heavy atom. The minimum absolute atomic E-state index is 0.0697. The number of hydrogen-bond donors (Lipinski definition) is 1. The van der Waals surface area contributed by atoms with Crippen LogP contribution in [0.4, 0.5) is 0 Å². The number of nitrogens with zero attached hydrogens (tertiary/aromatic N) is 2. The third kappa shape index (κ3) is 3.26. The number of rotatable bonds is 4. The minimum atomic E-state index is 0.0697. The fourth-order valence-corrected chi connectivity index (χ4v) is 2.75. The van der Waals surface area contributed by atoms with Gasteiger partial charge >= 0.3 is 0 Å². The van der Waals surface area contributed by atoms with Gasteiger partial charge in [-0.3, -0.25) is 0 Å². The molecule has 0 spiro atoms. The lowest BCUT2D eigenvalue weighted by molar-refractivity contribution is 0.231. The Kier molecular flexibility index (Phi) is 4.11. The van der Waals surface area contributed by atoms with Gasteiger partial charge in [0.25, 0.3) is 0 Å². The maximum atomic E-state index is 8.90. The molecule has 0 unspecified atom stereocenters. The van der Waals surface area contributed by atoms with Crippen molar-refractivity contribution in [2.45, 2.75) is 32.3 Å². The van der Waals surface area contributed by atoms with E-state index in [1.807, 2.05) is 5.38 Å². The molecule has 15 heavy (non-hydrogen) atoms. The SMILES string of the molecule is OCc1csc(CCN2CCCCC2)n1. The van der Waals surface area contributed by atoms with E-state index in [2.05, 4.69) is 9.88 Å². The molecule has 0 radical (unpaired) electrons. The van der Waals surface area contributed by atoms with Crippen molar-refractivity contribution in [2.75, 3.05) is 19.6 Å². The summed E-state index contributed by atoms with van der Waals surface area (Å²) in [6.45, 7) is 3.69. The summed E-state index contributed by atoms with van der Waals surface area (Å²) in [4.78, 5) is 6.87. The van der Waals surface area contributed by atoms with Crippen molar-refractivity contribution in [1.82, 2.24) is 9.88 Å². The first kappa shape index (κ1) is 11.0. The van der Waals surface area contributed by atoms with Gasteiger partial charge in [-0.15, -0.1) is 11.3 Å². The number of aliphatic hydroxyl groups is 1. The van der Waals surface area contributed by atoms with Crippen molar-refractivity contribution in [3.8, 4) is 0 Å². The zero-order chi connectivity index (χ0) is 10.5. The Labute approximate surface area is 94.8 Å². The van der Waals surface area contributed by atoms with Gasteiger partial charge in [0.05, 0.1) is 17.3 Å². The van der Waals surface area contributed by atoms with Crippen LogP contribution in [0.2, 0.25) is 0 Å². The second kappa shape index (κ2) is 5.58. The van der Waals surface area contributed by atoms with E-state index in [0.29, 0.717) is 0 Å². The maximum Gasteiger partial charge on any atom is 0.0942 e. The number of piperidine rings is 1. The van der Waals surface area contributed by atoms with E-state index >= 15 is 0 Å². The van der Waals surface area contributed by atoms with E-state index in [4.69, 9.17) is 5.11 Å². The van der Waals surface area contributed by atoms with E-state index in [9.17, 15) is 0 Å². The lowest BCUT2D eigenvalue weighted by atomic mass is 10.1. The fourth-order valence-electron chi connectivity index (χ4n) is 1.97. The maximum absolute atomic E-state index is 8.90. The molecule has 0 aliphatic carbocycles. The van der Waals surface area contributed by atoms with Gasteiger partial charge in [-0.2, -0.15) is 0 Å². The van der Waals surface area contributed by atoms with Crippen LogP contribution in [0.25, 0.3) is 0 Å². The van der Waals surface area contributed by atoms with Gasteiger partial charge in [0.1, 0.15) is 0 Å². The molecule has 2 heterocycles. The molecule has 0 amide bonds. The van der Waals surface area contributed by atoms with Crippen molar-refractivity contribution in [3.05, 3.63) is 16.1 Å². The first-order valence-electron chi connectivity index (χ1n) is 5.65. The van der Waals surface area contributed by atoms with E-state index in [1.54, 1.807) is 11.3 Å². The Balaban J connectivity index is 1.76. The summed E-state index contributed by atoms with van der Waals surface area (Å²) in [5.74, 6) is 0. The molecule has 0 saturated carbocycles. The summed E-state index contributed by atoms with van der Waals surface area (Å²) in [6.07, 6.45) is 5.12. The number of likely N-dealkylation sites (tertiary alicyclic amines) is 1. The minimum Gasteiger partial charge on any atom is -0.390 e. The van der Waals surface area contributed by atoms with Crippen molar-refractivity contribution < 1.29 is 5.11 Å². The van der Waals surface area contributed by atoms with Crippen molar-refractivity contribution in [1.29, 1.82) is 0 Å². The topological polar surface area (TPSA) is 36.4 Å². The van der Waals surface area contributed by atoms with Crippen LogP contribution in [0.3, 0.4) is 0 Å². The molecule has 1 fully saturated rings. The summed E-state index contributed by atoms with van der Waals surface area (Å²) >= 11 is 1.66. The molecule has 3 nitrogen and oxygen atoms in total. The lowest BCUT2D eigenvalue weighted by Gasteiger charge is -2.25. The Hall–Kier alpha value is -0.450. The molecule has 0 bridgehead atoms. The average molecular weight is 226 g/mol. The van der Waals surface area contributed by atoms with Crippen LogP contribution < -0.4 is 0 Å². The number of aliphatic hydroxyl groups excluding tert-OH is 1. The Morgan fingerprint density at radius 2 is 2.13 bits per heavy atom. The first-order valence-corrected chi connectivity index (χ1v) is 6.53. The summed E-state index contributed by atoms with van der Waals surface area (Å²) in [6, 6.07) is 0. The number of thiazole rings is 1. The lowest BCUT2D eigenvalue weighted by Crippen LogP contribution is -2.31. The average Bonchev–Trinajstić information content (AvgIpc) is 2.76. The van der Waals surface area contributed by atoms with Crippen LogP contribution in [0.15, 0.2) is 5.38 Å². The van der Waals surface area contributed by atoms with Gasteiger partial charge < -0.3 is 10.0 Å². The van der Waals surface area contributed by atoms with Crippen LogP contribution in [-0.4, -0.2) is 34.6 Å². The van der Waals surface area contributed by atoms with Crippen LogP contribution in [0.1, 0.15) is 30.0 Å². The third-order valence-corrected chi connectivity index (χ3v) is 3.81. The predicted molar refractivity (Wildman–Crippen MR) is 62.0 cm³/mol. The highest BCUT2D eigenvalue weighted by molar-refractivity contribution is 7.09. The zero-order valence-corrected chi connectivity index (χ0v) is 9.80. The summed E-state index contributed by atoms with van der Waals surface area (Å²) in [7, 11) is 0. The summed E-state index contributed by atoms with van der Waals surface area (Å²) < 4.78 is 0. The van der Waals surface area contributed by atoms with Gasteiger partial charge in [-0.05, 0) is 25.9 Å². The van der Waals surface area contributed by atoms with Crippen LogP contribution >= 0.6 is 11.3 Å². The molecule has 1 saturated heterocycles. The van der Waals surface area contributed by atoms with E-state index in [-0.39, 0.29) is 6.61 Å². The first-order chi connectivity index (χ1) is 7.38. The number of hydrogen-bond acceptors (Lipinski definition) is 4. The van der Waals surface area contributed by atoms with Gasteiger partial charge in [0.15, 0.2) is 0 Å². The Morgan fingerprint density at radius 1 is 1.33 bits per heavy atom. The fraction of sp³-hybridized carbons (Fsp3) is 0.727. The van der Waals surface area contributed by atoms with Crippen molar-refractivity contribution in [3.63, 3.8) is 0 Å².